The topological polar surface area (TPSA) is 17.1 Å². The molecule has 1 nitrogen and oxygen atoms in total. The monoisotopic (exact) mass is 242 g/mol. The molecule has 48 valence electrons. The molecular weight excluding hydrogens is 236 g/mol. The van der Waals surface area contributed by atoms with Crippen LogP contribution in [0.15, 0.2) is 0 Å². The van der Waals surface area contributed by atoms with Gasteiger partial charge in [0.2, 0.25) is 0 Å². The Bertz CT molecular complexity index is 72.8. The van der Waals surface area contributed by atoms with Gasteiger partial charge in [0.25, 0.3) is 0 Å². The Morgan fingerprint density at radius 1 is 1.38 bits per heavy atom. The molecule has 0 aliphatic rings. The van der Waals surface area contributed by atoms with Gasteiger partial charge in [0.1, 0.15) is 0 Å². The van der Waals surface area contributed by atoms with Gasteiger partial charge in [0.05, 0.1) is 0 Å². The van der Waals surface area contributed by atoms with Crippen molar-refractivity contribution in [1.82, 2.24) is 0 Å². The van der Waals surface area contributed by atoms with Gasteiger partial charge in [-0.05, 0) is 28.8 Å². The van der Waals surface area contributed by atoms with Crippen LogP contribution in [0.3, 0.4) is 0 Å². The van der Waals surface area contributed by atoms with Gasteiger partial charge in [-0.1, -0.05) is 15.9 Å². The van der Waals surface area contributed by atoms with Crippen molar-refractivity contribution in [3.63, 3.8) is 0 Å². The molecule has 0 atom stereocenters. The number of halogens is 2. The molecule has 0 radical (unpaired) electrons. The molecule has 0 aromatic carbocycles. The van der Waals surface area contributed by atoms with Crippen LogP contribution < -0.4 is 0 Å². The van der Waals surface area contributed by atoms with Crippen LogP contribution in [0.1, 0.15) is 19.3 Å². The molecule has 0 N–H and O–H groups in total. The molecule has 0 saturated heterocycles. The van der Waals surface area contributed by atoms with Crippen molar-refractivity contribution < 1.29 is 4.79 Å². The standard InChI is InChI=1S/C5H8Br2O/c6-4-2-1-3-5(7)8/h1-4H2. The summed E-state index contributed by atoms with van der Waals surface area (Å²) in [4.78, 5) is 10.2. The molecule has 0 heterocycles. The summed E-state index contributed by atoms with van der Waals surface area (Å²) >= 11 is 6.12. The summed E-state index contributed by atoms with van der Waals surface area (Å²) in [7, 11) is 0. The fraction of sp³-hybridized carbons (Fsp3) is 0.800. The minimum absolute atomic E-state index is 0.110. The van der Waals surface area contributed by atoms with Crippen LogP contribution in [0.25, 0.3) is 0 Å². The summed E-state index contributed by atoms with van der Waals surface area (Å²) in [5.74, 6) is 0. The van der Waals surface area contributed by atoms with Crippen molar-refractivity contribution in [2.45, 2.75) is 19.3 Å². The van der Waals surface area contributed by atoms with Gasteiger partial charge in [0.15, 0.2) is 4.69 Å². The number of unbranched alkanes of at least 4 members (excludes halogenated alkanes) is 1. The van der Waals surface area contributed by atoms with E-state index in [-0.39, 0.29) is 4.69 Å². The summed E-state index contributed by atoms with van der Waals surface area (Å²) in [6.07, 6.45) is 2.72. The molecular formula is C5H8Br2O. The Hall–Kier alpha value is 0.630. The number of alkyl halides is 1. The highest BCUT2D eigenvalue weighted by atomic mass is 79.9. The molecule has 0 spiro atoms. The average molecular weight is 244 g/mol. The highest BCUT2D eigenvalue weighted by Crippen LogP contribution is 2.01. The Morgan fingerprint density at radius 3 is 2.38 bits per heavy atom. The molecule has 0 aliphatic carbocycles. The summed E-state index contributed by atoms with van der Waals surface area (Å²) in [6.45, 7) is 0. The average Bonchev–Trinajstić information content (AvgIpc) is 1.66. The van der Waals surface area contributed by atoms with Crippen molar-refractivity contribution in [2.75, 3.05) is 5.33 Å². The second-order valence-corrected chi connectivity index (χ2v) is 3.18. The third kappa shape index (κ3) is 6.63. The first-order chi connectivity index (χ1) is 3.77. The van der Waals surface area contributed by atoms with E-state index in [0.717, 1.165) is 18.2 Å². The van der Waals surface area contributed by atoms with E-state index in [1.165, 1.54) is 0 Å². The first-order valence-corrected chi connectivity index (χ1v) is 4.43. The zero-order valence-corrected chi connectivity index (χ0v) is 7.66. The van der Waals surface area contributed by atoms with Crippen LogP contribution >= 0.6 is 31.9 Å². The Kier molecular flexibility index (Phi) is 6.21. The van der Waals surface area contributed by atoms with Crippen LogP contribution in [-0.4, -0.2) is 10.0 Å². The van der Waals surface area contributed by atoms with Crippen molar-refractivity contribution >= 4 is 36.6 Å². The van der Waals surface area contributed by atoms with Crippen LogP contribution in [0, 0.1) is 0 Å². The minimum atomic E-state index is 0.110. The van der Waals surface area contributed by atoms with E-state index in [2.05, 4.69) is 31.9 Å². The maximum atomic E-state index is 10.2. The van der Waals surface area contributed by atoms with E-state index >= 15 is 0 Å². The maximum absolute atomic E-state index is 10.2. The fourth-order valence-electron chi connectivity index (χ4n) is 0.358. The second kappa shape index (κ2) is 5.76. The van der Waals surface area contributed by atoms with Crippen molar-refractivity contribution in [2.24, 2.45) is 0 Å². The SMILES string of the molecule is O=C(Br)CCCCBr. The first kappa shape index (κ1) is 8.63. The number of hydrogen-bond acceptors (Lipinski definition) is 1. The molecule has 0 bridgehead atoms. The Labute approximate surface area is 66.1 Å². The molecule has 0 aromatic rings. The van der Waals surface area contributed by atoms with E-state index in [1.807, 2.05) is 0 Å². The molecule has 0 aliphatic heterocycles. The van der Waals surface area contributed by atoms with Gasteiger partial charge in [0, 0.05) is 11.8 Å². The number of hydrogen-bond donors (Lipinski definition) is 0. The number of carbonyl (C=O) groups excluding carboxylic acids is 1. The number of rotatable bonds is 4. The summed E-state index contributed by atoms with van der Waals surface area (Å²) in [6, 6.07) is 0. The lowest BCUT2D eigenvalue weighted by atomic mass is 10.3. The van der Waals surface area contributed by atoms with Crippen LogP contribution in [0.5, 0.6) is 0 Å². The van der Waals surface area contributed by atoms with E-state index in [0.29, 0.717) is 6.42 Å². The van der Waals surface area contributed by atoms with Crippen LogP contribution in [0.2, 0.25) is 0 Å². The van der Waals surface area contributed by atoms with Gasteiger partial charge in [-0.3, -0.25) is 4.79 Å². The van der Waals surface area contributed by atoms with Gasteiger partial charge in [-0.15, -0.1) is 0 Å². The zero-order valence-electron chi connectivity index (χ0n) is 4.49. The van der Waals surface area contributed by atoms with Gasteiger partial charge < -0.3 is 0 Å². The van der Waals surface area contributed by atoms with Crippen molar-refractivity contribution in [3.05, 3.63) is 0 Å². The molecule has 0 saturated carbocycles. The third-order valence-corrected chi connectivity index (χ3v) is 1.71. The minimum Gasteiger partial charge on any atom is -0.287 e. The van der Waals surface area contributed by atoms with Crippen LogP contribution in [-0.2, 0) is 4.79 Å². The zero-order chi connectivity index (χ0) is 6.41. The molecule has 0 fully saturated rings. The fourth-order valence-corrected chi connectivity index (χ4v) is 1.04. The first-order valence-electron chi connectivity index (χ1n) is 2.51. The lowest BCUT2D eigenvalue weighted by Gasteiger charge is -1.88. The van der Waals surface area contributed by atoms with Crippen molar-refractivity contribution in [3.8, 4) is 0 Å². The molecule has 8 heavy (non-hydrogen) atoms. The number of carbonyl (C=O) groups is 1. The normalized spacial score (nSPS) is 9.25. The molecule has 0 unspecified atom stereocenters. The lowest BCUT2D eigenvalue weighted by molar-refractivity contribution is -0.110. The van der Waals surface area contributed by atoms with E-state index < -0.39 is 0 Å². The maximum Gasteiger partial charge on any atom is 0.197 e. The smallest absolute Gasteiger partial charge is 0.197 e. The van der Waals surface area contributed by atoms with Gasteiger partial charge in [-0.2, -0.15) is 0 Å². The van der Waals surface area contributed by atoms with E-state index in [4.69, 9.17) is 0 Å². The van der Waals surface area contributed by atoms with E-state index in [1.54, 1.807) is 0 Å². The Morgan fingerprint density at radius 2 is 2.00 bits per heavy atom. The van der Waals surface area contributed by atoms with Gasteiger partial charge in [-0.25, -0.2) is 0 Å². The predicted octanol–water partition coefficient (Wildman–Crippen LogP) is 2.47. The summed E-state index contributed by atoms with van der Waals surface area (Å²) in [5, 5.41) is 0.993. The predicted molar refractivity (Wildman–Crippen MR) is 41.6 cm³/mol. The van der Waals surface area contributed by atoms with E-state index in [9.17, 15) is 4.79 Å². The molecule has 3 heteroatoms. The second-order valence-electron chi connectivity index (χ2n) is 1.50. The largest absolute Gasteiger partial charge is 0.287 e. The highest BCUT2D eigenvalue weighted by molar-refractivity contribution is 9.18. The van der Waals surface area contributed by atoms with Gasteiger partial charge >= 0.3 is 0 Å². The molecule has 0 aromatic heterocycles. The van der Waals surface area contributed by atoms with Crippen LogP contribution in [0.4, 0.5) is 0 Å². The molecule has 0 amide bonds. The molecule has 0 rings (SSSR count). The summed E-state index contributed by atoms with van der Waals surface area (Å²) in [5.41, 5.74) is 0. The lowest BCUT2D eigenvalue weighted by Crippen LogP contribution is -1.84. The Balaban J connectivity index is 2.82. The van der Waals surface area contributed by atoms with Crippen molar-refractivity contribution in [1.29, 1.82) is 0 Å². The summed E-state index contributed by atoms with van der Waals surface area (Å²) < 4.78 is 0.110. The highest BCUT2D eigenvalue weighted by Gasteiger charge is 1.92. The third-order valence-electron chi connectivity index (χ3n) is 0.757. The quantitative estimate of drug-likeness (QED) is 0.421.